The van der Waals surface area contributed by atoms with E-state index in [-0.39, 0.29) is 11.6 Å². The van der Waals surface area contributed by atoms with E-state index in [1.54, 1.807) is 24.3 Å². The third-order valence-electron chi connectivity index (χ3n) is 2.56. The van der Waals surface area contributed by atoms with Crippen LogP contribution in [0, 0.1) is 10.1 Å². The zero-order valence-corrected chi connectivity index (χ0v) is 11.2. The van der Waals surface area contributed by atoms with Gasteiger partial charge >= 0.3 is 11.8 Å². The quantitative estimate of drug-likeness (QED) is 0.490. The summed E-state index contributed by atoms with van der Waals surface area (Å²) in [5, 5.41) is 14.4. The fourth-order valence-electron chi connectivity index (χ4n) is 1.69. The SMILES string of the molecule is COC(=O)c1cccc(Cn2cc(Cl)c([N+](=O)[O-])n2)c1. The molecule has 0 aliphatic rings. The Morgan fingerprint density at radius 2 is 2.30 bits per heavy atom. The average molecular weight is 296 g/mol. The van der Waals surface area contributed by atoms with Gasteiger partial charge in [-0.05, 0) is 22.6 Å². The minimum atomic E-state index is -0.649. The zero-order valence-electron chi connectivity index (χ0n) is 10.4. The summed E-state index contributed by atoms with van der Waals surface area (Å²) in [6.07, 6.45) is 1.37. The number of carbonyl (C=O) groups excluding carboxylic acids is 1. The summed E-state index contributed by atoms with van der Waals surface area (Å²) in [4.78, 5) is 21.4. The van der Waals surface area contributed by atoms with Gasteiger partial charge < -0.3 is 14.9 Å². The van der Waals surface area contributed by atoms with Gasteiger partial charge in [0.15, 0.2) is 5.02 Å². The molecule has 0 fully saturated rings. The van der Waals surface area contributed by atoms with E-state index in [9.17, 15) is 14.9 Å². The molecule has 0 saturated heterocycles. The maximum Gasteiger partial charge on any atom is 0.408 e. The van der Waals surface area contributed by atoms with Crippen molar-refractivity contribution in [1.82, 2.24) is 9.78 Å². The second-order valence-corrected chi connectivity index (χ2v) is 4.35. The molecule has 0 atom stereocenters. The highest BCUT2D eigenvalue weighted by Crippen LogP contribution is 2.22. The van der Waals surface area contributed by atoms with Crippen LogP contribution in [0.1, 0.15) is 15.9 Å². The Balaban J connectivity index is 2.24. The lowest BCUT2D eigenvalue weighted by Gasteiger charge is -2.02. The number of carbonyl (C=O) groups is 1. The van der Waals surface area contributed by atoms with Gasteiger partial charge in [-0.1, -0.05) is 23.7 Å². The third kappa shape index (κ3) is 2.94. The van der Waals surface area contributed by atoms with E-state index in [1.807, 2.05) is 0 Å². The van der Waals surface area contributed by atoms with Crippen molar-refractivity contribution in [3.05, 3.63) is 56.7 Å². The lowest BCUT2D eigenvalue weighted by molar-refractivity contribution is -0.389. The van der Waals surface area contributed by atoms with Crippen molar-refractivity contribution in [3.8, 4) is 0 Å². The molecule has 0 radical (unpaired) electrons. The fraction of sp³-hybridized carbons (Fsp3) is 0.167. The summed E-state index contributed by atoms with van der Waals surface area (Å²) in [6, 6.07) is 6.72. The summed E-state index contributed by atoms with van der Waals surface area (Å²) in [5.74, 6) is -0.841. The van der Waals surface area contributed by atoms with Gasteiger partial charge in [-0.25, -0.2) is 4.79 Å². The highest BCUT2D eigenvalue weighted by molar-refractivity contribution is 6.32. The molecule has 1 heterocycles. The van der Waals surface area contributed by atoms with Crippen molar-refractivity contribution < 1.29 is 14.5 Å². The van der Waals surface area contributed by atoms with Crippen LogP contribution in [0.2, 0.25) is 5.02 Å². The second-order valence-electron chi connectivity index (χ2n) is 3.95. The summed E-state index contributed by atoms with van der Waals surface area (Å²) in [5.41, 5.74) is 1.15. The molecule has 20 heavy (non-hydrogen) atoms. The molecule has 8 heteroatoms. The third-order valence-corrected chi connectivity index (χ3v) is 2.83. The first-order valence-electron chi connectivity index (χ1n) is 5.56. The number of benzene rings is 1. The van der Waals surface area contributed by atoms with Gasteiger partial charge in [0.1, 0.15) is 0 Å². The number of methoxy groups -OCH3 is 1. The predicted octanol–water partition coefficient (Wildman–Crippen LogP) is 2.28. The normalized spacial score (nSPS) is 10.3. The molecular weight excluding hydrogens is 286 g/mol. The Hall–Kier alpha value is -2.41. The molecule has 0 bridgehead atoms. The first-order chi connectivity index (χ1) is 9.51. The van der Waals surface area contributed by atoms with Crippen molar-refractivity contribution in [2.24, 2.45) is 0 Å². The van der Waals surface area contributed by atoms with Crippen LogP contribution in [-0.4, -0.2) is 27.8 Å². The van der Waals surface area contributed by atoms with Crippen LogP contribution in [0.15, 0.2) is 30.5 Å². The van der Waals surface area contributed by atoms with Crippen LogP contribution >= 0.6 is 11.6 Å². The highest BCUT2D eigenvalue weighted by Gasteiger charge is 2.19. The summed E-state index contributed by atoms with van der Waals surface area (Å²) >= 11 is 5.71. The van der Waals surface area contributed by atoms with Gasteiger partial charge in [-0.15, -0.1) is 0 Å². The largest absolute Gasteiger partial charge is 0.465 e. The minimum absolute atomic E-state index is 0.0286. The van der Waals surface area contributed by atoms with E-state index in [2.05, 4.69) is 9.84 Å². The smallest absolute Gasteiger partial charge is 0.408 e. The van der Waals surface area contributed by atoms with E-state index in [0.717, 1.165) is 5.56 Å². The molecule has 0 unspecified atom stereocenters. The lowest BCUT2D eigenvalue weighted by Crippen LogP contribution is -2.05. The number of aromatic nitrogens is 2. The summed E-state index contributed by atoms with van der Waals surface area (Å²) in [7, 11) is 1.30. The van der Waals surface area contributed by atoms with Gasteiger partial charge in [0.25, 0.3) is 0 Å². The van der Waals surface area contributed by atoms with Crippen LogP contribution in [0.5, 0.6) is 0 Å². The number of hydrogen-bond acceptors (Lipinski definition) is 5. The minimum Gasteiger partial charge on any atom is -0.465 e. The standard InChI is InChI=1S/C12H10ClN3O4/c1-20-12(17)9-4-2-3-8(5-9)6-15-7-10(13)11(14-15)16(18)19/h2-5,7H,6H2,1H3. The fourth-order valence-corrected chi connectivity index (χ4v) is 1.91. The van der Waals surface area contributed by atoms with E-state index in [0.29, 0.717) is 5.56 Å². The van der Waals surface area contributed by atoms with E-state index < -0.39 is 16.7 Å². The topological polar surface area (TPSA) is 87.3 Å². The lowest BCUT2D eigenvalue weighted by atomic mass is 10.1. The van der Waals surface area contributed by atoms with Crippen LogP contribution in [0.25, 0.3) is 0 Å². The van der Waals surface area contributed by atoms with E-state index >= 15 is 0 Å². The second kappa shape index (κ2) is 5.70. The molecule has 2 aromatic rings. The Bertz CT molecular complexity index is 668. The molecule has 7 nitrogen and oxygen atoms in total. The number of nitrogens with zero attached hydrogens (tertiary/aromatic N) is 3. The molecule has 1 aromatic carbocycles. The Morgan fingerprint density at radius 3 is 2.90 bits per heavy atom. The summed E-state index contributed by atoms with van der Waals surface area (Å²) in [6.45, 7) is 0.262. The Morgan fingerprint density at radius 1 is 1.55 bits per heavy atom. The van der Waals surface area contributed by atoms with Crippen molar-refractivity contribution >= 4 is 23.4 Å². The van der Waals surface area contributed by atoms with E-state index in [4.69, 9.17) is 11.6 Å². The molecule has 1 aromatic heterocycles. The number of halogens is 1. The van der Waals surface area contributed by atoms with Gasteiger partial charge in [0.05, 0.1) is 30.5 Å². The number of esters is 1. The molecular formula is C12H10ClN3O4. The summed E-state index contributed by atoms with van der Waals surface area (Å²) < 4.78 is 5.97. The maximum atomic E-state index is 11.4. The monoisotopic (exact) mass is 295 g/mol. The first-order valence-corrected chi connectivity index (χ1v) is 5.93. The Kier molecular flexibility index (Phi) is 3.99. The van der Waals surface area contributed by atoms with Crippen molar-refractivity contribution in [2.45, 2.75) is 6.54 Å². The molecule has 0 aliphatic carbocycles. The number of ether oxygens (including phenoxy) is 1. The molecule has 0 saturated carbocycles. The molecule has 0 aliphatic heterocycles. The molecule has 2 rings (SSSR count). The van der Waals surface area contributed by atoms with Crippen LogP contribution in [-0.2, 0) is 11.3 Å². The van der Waals surface area contributed by atoms with Crippen molar-refractivity contribution in [3.63, 3.8) is 0 Å². The highest BCUT2D eigenvalue weighted by atomic mass is 35.5. The molecule has 0 amide bonds. The van der Waals surface area contributed by atoms with Gasteiger partial charge in [0, 0.05) is 0 Å². The van der Waals surface area contributed by atoms with Crippen LogP contribution < -0.4 is 0 Å². The molecule has 104 valence electrons. The van der Waals surface area contributed by atoms with Crippen molar-refractivity contribution in [2.75, 3.05) is 7.11 Å². The van der Waals surface area contributed by atoms with Gasteiger partial charge in [-0.3, -0.25) is 0 Å². The number of nitro groups is 1. The first kappa shape index (κ1) is 14.0. The predicted molar refractivity (Wildman–Crippen MR) is 70.8 cm³/mol. The van der Waals surface area contributed by atoms with Crippen LogP contribution in [0.4, 0.5) is 5.82 Å². The number of rotatable bonds is 4. The number of hydrogen-bond donors (Lipinski definition) is 0. The molecule has 0 spiro atoms. The van der Waals surface area contributed by atoms with Gasteiger partial charge in [0.2, 0.25) is 0 Å². The molecule has 0 N–H and O–H groups in total. The average Bonchev–Trinajstić information content (AvgIpc) is 2.79. The Labute approximate surface area is 118 Å². The van der Waals surface area contributed by atoms with E-state index in [1.165, 1.54) is 18.0 Å². The zero-order chi connectivity index (χ0) is 14.7. The van der Waals surface area contributed by atoms with Crippen LogP contribution in [0.3, 0.4) is 0 Å². The van der Waals surface area contributed by atoms with Gasteiger partial charge in [-0.2, -0.15) is 4.68 Å². The van der Waals surface area contributed by atoms with Crippen molar-refractivity contribution in [1.29, 1.82) is 0 Å². The maximum absolute atomic E-state index is 11.4.